The molecule has 2 amide bonds. The SMILES string of the molecule is C[C@@H](C(=O)N1CCN(C/C=C/c2ccccc2)CC1)N1Cc2ccccc2C1=O. The molecule has 1 atom stereocenters. The first-order chi connectivity index (χ1) is 14.1. The second kappa shape index (κ2) is 8.62. The molecule has 5 nitrogen and oxygen atoms in total. The van der Waals surface area contributed by atoms with Crippen LogP contribution >= 0.6 is 0 Å². The Morgan fingerprint density at radius 3 is 2.41 bits per heavy atom. The molecule has 150 valence electrons. The van der Waals surface area contributed by atoms with Crippen LogP contribution in [0.25, 0.3) is 6.08 Å². The summed E-state index contributed by atoms with van der Waals surface area (Å²) >= 11 is 0. The van der Waals surface area contributed by atoms with Crippen LogP contribution < -0.4 is 0 Å². The Bertz CT molecular complexity index is 901. The molecular formula is C24H27N3O2. The zero-order valence-corrected chi connectivity index (χ0v) is 16.8. The Labute approximate surface area is 172 Å². The van der Waals surface area contributed by atoms with Crippen molar-refractivity contribution in [3.05, 3.63) is 77.4 Å². The van der Waals surface area contributed by atoms with Crippen LogP contribution in [0.5, 0.6) is 0 Å². The van der Waals surface area contributed by atoms with Gasteiger partial charge in [-0.2, -0.15) is 0 Å². The molecule has 1 saturated heterocycles. The van der Waals surface area contributed by atoms with Crippen molar-refractivity contribution in [3.8, 4) is 0 Å². The Morgan fingerprint density at radius 1 is 1.00 bits per heavy atom. The minimum absolute atomic E-state index is 0.0360. The van der Waals surface area contributed by atoms with Crippen LogP contribution in [-0.4, -0.2) is 65.3 Å². The molecule has 0 unspecified atom stereocenters. The number of benzene rings is 2. The predicted molar refractivity (Wildman–Crippen MR) is 114 cm³/mol. The van der Waals surface area contributed by atoms with Crippen molar-refractivity contribution >= 4 is 17.9 Å². The zero-order valence-electron chi connectivity index (χ0n) is 16.8. The second-order valence-electron chi connectivity index (χ2n) is 7.71. The lowest BCUT2D eigenvalue weighted by Crippen LogP contribution is -2.54. The summed E-state index contributed by atoms with van der Waals surface area (Å²) in [5.74, 6) is 0.0109. The molecule has 0 saturated carbocycles. The molecule has 4 rings (SSSR count). The van der Waals surface area contributed by atoms with Crippen molar-refractivity contribution in [1.29, 1.82) is 0 Å². The average molecular weight is 389 g/mol. The van der Waals surface area contributed by atoms with Crippen molar-refractivity contribution < 1.29 is 9.59 Å². The first-order valence-electron chi connectivity index (χ1n) is 10.2. The van der Waals surface area contributed by atoms with E-state index in [4.69, 9.17) is 0 Å². The third-order valence-corrected chi connectivity index (χ3v) is 5.83. The standard InChI is InChI=1S/C24H27N3O2/c1-19(27-18-21-11-5-6-12-22(21)24(27)29)23(28)26-16-14-25(15-17-26)13-7-10-20-8-3-2-4-9-20/h2-12,19H,13-18H2,1H3/b10-7+/t19-/m0/s1. The molecule has 0 radical (unpaired) electrons. The summed E-state index contributed by atoms with van der Waals surface area (Å²) in [6, 6.07) is 17.5. The summed E-state index contributed by atoms with van der Waals surface area (Å²) in [7, 11) is 0. The maximum Gasteiger partial charge on any atom is 0.255 e. The monoisotopic (exact) mass is 389 g/mol. The third-order valence-electron chi connectivity index (χ3n) is 5.83. The summed E-state index contributed by atoms with van der Waals surface area (Å²) in [6.45, 7) is 6.37. The minimum Gasteiger partial charge on any atom is -0.338 e. The van der Waals surface area contributed by atoms with Crippen LogP contribution in [0, 0.1) is 0 Å². The van der Waals surface area contributed by atoms with Crippen LogP contribution in [0.4, 0.5) is 0 Å². The highest BCUT2D eigenvalue weighted by Crippen LogP contribution is 2.25. The van der Waals surface area contributed by atoms with E-state index in [9.17, 15) is 9.59 Å². The van der Waals surface area contributed by atoms with Crippen LogP contribution in [0.15, 0.2) is 60.7 Å². The summed E-state index contributed by atoms with van der Waals surface area (Å²) in [6.07, 6.45) is 4.31. The van der Waals surface area contributed by atoms with Gasteiger partial charge in [0.25, 0.3) is 5.91 Å². The quantitative estimate of drug-likeness (QED) is 0.790. The molecule has 0 aliphatic carbocycles. The fourth-order valence-electron chi connectivity index (χ4n) is 4.04. The summed E-state index contributed by atoms with van der Waals surface area (Å²) in [4.78, 5) is 31.6. The number of carbonyl (C=O) groups excluding carboxylic acids is 2. The largest absolute Gasteiger partial charge is 0.338 e. The first kappa shape index (κ1) is 19.4. The van der Waals surface area contributed by atoms with Gasteiger partial charge < -0.3 is 9.80 Å². The summed E-state index contributed by atoms with van der Waals surface area (Å²) < 4.78 is 0. The van der Waals surface area contributed by atoms with Crippen LogP contribution in [0.1, 0.15) is 28.4 Å². The topological polar surface area (TPSA) is 43.9 Å². The molecule has 0 aromatic heterocycles. The van der Waals surface area contributed by atoms with E-state index in [1.807, 2.05) is 54.3 Å². The molecule has 1 fully saturated rings. The molecule has 0 spiro atoms. The van der Waals surface area contributed by atoms with E-state index in [-0.39, 0.29) is 11.8 Å². The van der Waals surface area contributed by atoms with E-state index in [1.165, 1.54) is 5.56 Å². The van der Waals surface area contributed by atoms with Crippen LogP contribution in [-0.2, 0) is 11.3 Å². The van der Waals surface area contributed by atoms with E-state index in [2.05, 4.69) is 29.2 Å². The maximum absolute atomic E-state index is 13.0. The third kappa shape index (κ3) is 4.25. The molecule has 2 heterocycles. The number of piperazine rings is 1. The van der Waals surface area contributed by atoms with E-state index < -0.39 is 6.04 Å². The lowest BCUT2D eigenvalue weighted by molar-refractivity contribution is -0.137. The van der Waals surface area contributed by atoms with Crippen molar-refractivity contribution in [2.24, 2.45) is 0 Å². The lowest BCUT2D eigenvalue weighted by Gasteiger charge is -2.37. The molecule has 2 aromatic carbocycles. The number of hydrogen-bond donors (Lipinski definition) is 0. The van der Waals surface area contributed by atoms with Gasteiger partial charge in [-0.1, -0.05) is 60.7 Å². The van der Waals surface area contributed by atoms with Crippen LogP contribution in [0.2, 0.25) is 0 Å². The smallest absolute Gasteiger partial charge is 0.255 e. The highest BCUT2D eigenvalue weighted by atomic mass is 16.2. The molecule has 2 aliphatic heterocycles. The average Bonchev–Trinajstić information content (AvgIpc) is 3.11. The number of amides is 2. The molecule has 0 N–H and O–H groups in total. The van der Waals surface area contributed by atoms with E-state index in [0.29, 0.717) is 19.6 Å². The number of carbonyl (C=O) groups is 2. The Balaban J connectivity index is 1.28. The second-order valence-corrected chi connectivity index (χ2v) is 7.71. The Hall–Kier alpha value is -2.92. The van der Waals surface area contributed by atoms with Crippen molar-refractivity contribution in [2.45, 2.75) is 19.5 Å². The molecule has 5 heteroatoms. The molecule has 0 bridgehead atoms. The van der Waals surface area contributed by atoms with Gasteiger partial charge in [-0.15, -0.1) is 0 Å². The zero-order chi connectivity index (χ0) is 20.2. The normalized spacial score (nSPS) is 18.3. The highest BCUT2D eigenvalue weighted by Gasteiger charge is 2.35. The van der Waals surface area contributed by atoms with E-state index >= 15 is 0 Å². The van der Waals surface area contributed by atoms with Crippen molar-refractivity contribution in [3.63, 3.8) is 0 Å². The fraction of sp³-hybridized carbons (Fsp3) is 0.333. The van der Waals surface area contributed by atoms with E-state index in [1.54, 1.807) is 4.90 Å². The van der Waals surface area contributed by atoms with Gasteiger partial charge in [0.1, 0.15) is 6.04 Å². The number of fused-ring (bicyclic) bond motifs is 1. The molecule has 29 heavy (non-hydrogen) atoms. The van der Waals surface area contributed by atoms with Crippen molar-refractivity contribution in [2.75, 3.05) is 32.7 Å². The maximum atomic E-state index is 13.0. The number of nitrogens with zero attached hydrogens (tertiary/aromatic N) is 3. The van der Waals surface area contributed by atoms with Crippen LogP contribution in [0.3, 0.4) is 0 Å². The molecule has 2 aromatic rings. The Kier molecular flexibility index (Phi) is 5.76. The highest BCUT2D eigenvalue weighted by molar-refractivity contribution is 6.01. The van der Waals surface area contributed by atoms with Gasteiger partial charge in [0.2, 0.25) is 5.91 Å². The number of hydrogen-bond acceptors (Lipinski definition) is 3. The van der Waals surface area contributed by atoms with Gasteiger partial charge in [-0.3, -0.25) is 14.5 Å². The van der Waals surface area contributed by atoms with Gasteiger partial charge in [0.05, 0.1) is 0 Å². The fourth-order valence-corrected chi connectivity index (χ4v) is 4.04. The van der Waals surface area contributed by atoms with Gasteiger partial charge in [0, 0.05) is 44.8 Å². The van der Waals surface area contributed by atoms with Crippen molar-refractivity contribution in [1.82, 2.24) is 14.7 Å². The lowest BCUT2D eigenvalue weighted by atomic mass is 10.1. The first-order valence-corrected chi connectivity index (χ1v) is 10.2. The summed E-state index contributed by atoms with van der Waals surface area (Å²) in [5, 5.41) is 0. The minimum atomic E-state index is -0.431. The number of rotatable bonds is 5. The van der Waals surface area contributed by atoms with Gasteiger partial charge in [0.15, 0.2) is 0 Å². The summed E-state index contributed by atoms with van der Waals surface area (Å²) in [5.41, 5.74) is 2.93. The predicted octanol–water partition coefficient (Wildman–Crippen LogP) is 2.89. The molecule has 2 aliphatic rings. The van der Waals surface area contributed by atoms with E-state index in [0.717, 1.165) is 30.8 Å². The van der Waals surface area contributed by atoms with Gasteiger partial charge in [-0.25, -0.2) is 0 Å². The van der Waals surface area contributed by atoms with Gasteiger partial charge in [-0.05, 0) is 24.1 Å². The molecular weight excluding hydrogens is 362 g/mol. The van der Waals surface area contributed by atoms with Gasteiger partial charge >= 0.3 is 0 Å². The Morgan fingerprint density at radius 2 is 1.69 bits per heavy atom.